The number of carboxylic acids is 1. The number of aromatic nitrogens is 2. The minimum Gasteiger partial charge on any atom is -0.494 e. The van der Waals surface area contributed by atoms with Crippen molar-refractivity contribution in [3.05, 3.63) is 35.8 Å². The van der Waals surface area contributed by atoms with E-state index in [9.17, 15) is 22.4 Å². The van der Waals surface area contributed by atoms with Crippen LogP contribution in [-0.4, -0.2) is 34.7 Å². The molecule has 25 heavy (non-hydrogen) atoms. The molecular formula is C14H12F4N4O3. The van der Waals surface area contributed by atoms with E-state index in [2.05, 4.69) is 20.6 Å². The molecule has 0 saturated heterocycles. The van der Waals surface area contributed by atoms with Crippen LogP contribution in [0.2, 0.25) is 0 Å². The molecule has 0 atom stereocenters. The number of nitrogens with zero attached hydrogens (tertiary/aromatic N) is 2. The Morgan fingerprint density at radius 3 is 2.56 bits per heavy atom. The van der Waals surface area contributed by atoms with Crippen LogP contribution in [0.4, 0.5) is 35.0 Å². The summed E-state index contributed by atoms with van der Waals surface area (Å²) in [6, 6.07) is 4.29. The SMILES string of the molecule is COc1ccc(Nc2cc(C(F)(F)F)nc(NCC(=O)O)n2)cc1F. The maximum atomic E-state index is 13.7. The third-order valence-electron chi connectivity index (χ3n) is 2.84. The highest BCUT2D eigenvalue weighted by molar-refractivity contribution is 5.72. The topological polar surface area (TPSA) is 96.4 Å². The van der Waals surface area contributed by atoms with E-state index < -0.39 is 36.1 Å². The number of carboxylic acid groups (broad SMARTS) is 1. The summed E-state index contributed by atoms with van der Waals surface area (Å²) in [5.41, 5.74) is -1.17. The molecule has 2 aromatic rings. The zero-order valence-electron chi connectivity index (χ0n) is 12.7. The minimum atomic E-state index is -4.77. The van der Waals surface area contributed by atoms with Crippen LogP contribution >= 0.6 is 0 Å². The molecule has 0 aliphatic rings. The normalized spacial score (nSPS) is 11.1. The van der Waals surface area contributed by atoms with Crippen LogP contribution in [0.25, 0.3) is 0 Å². The van der Waals surface area contributed by atoms with Gasteiger partial charge in [-0.15, -0.1) is 0 Å². The number of methoxy groups -OCH3 is 1. The molecule has 1 aromatic heterocycles. The molecule has 11 heteroatoms. The van der Waals surface area contributed by atoms with E-state index in [1.807, 2.05) is 0 Å². The third-order valence-corrected chi connectivity index (χ3v) is 2.84. The van der Waals surface area contributed by atoms with Crippen LogP contribution in [0.3, 0.4) is 0 Å². The lowest BCUT2D eigenvalue weighted by molar-refractivity contribution is -0.141. The van der Waals surface area contributed by atoms with Gasteiger partial charge in [0.25, 0.3) is 0 Å². The van der Waals surface area contributed by atoms with Crippen LogP contribution in [0.15, 0.2) is 24.3 Å². The summed E-state index contributed by atoms with van der Waals surface area (Å²) >= 11 is 0. The van der Waals surface area contributed by atoms with Crippen molar-refractivity contribution in [3.8, 4) is 5.75 Å². The van der Waals surface area contributed by atoms with Gasteiger partial charge in [0.15, 0.2) is 17.3 Å². The van der Waals surface area contributed by atoms with Crippen molar-refractivity contribution < 1.29 is 32.2 Å². The molecule has 3 N–H and O–H groups in total. The Labute approximate surface area is 138 Å². The Kier molecular flexibility index (Phi) is 5.25. The van der Waals surface area contributed by atoms with E-state index in [1.165, 1.54) is 19.2 Å². The lowest BCUT2D eigenvalue weighted by Crippen LogP contribution is -2.17. The van der Waals surface area contributed by atoms with Crippen molar-refractivity contribution in [1.82, 2.24) is 9.97 Å². The highest BCUT2D eigenvalue weighted by atomic mass is 19.4. The van der Waals surface area contributed by atoms with Gasteiger partial charge in [0.2, 0.25) is 5.95 Å². The molecule has 0 bridgehead atoms. The Hall–Kier alpha value is -3.11. The molecule has 0 aliphatic carbocycles. The minimum absolute atomic E-state index is 0.0342. The van der Waals surface area contributed by atoms with Crippen molar-refractivity contribution in [2.45, 2.75) is 6.18 Å². The van der Waals surface area contributed by atoms with Crippen molar-refractivity contribution in [3.63, 3.8) is 0 Å². The fourth-order valence-electron chi connectivity index (χ4n) is 1.78. The number of alkyl halides is 3. The monoisotopic (exact) mass is 360 g/mol. The molecule has 7 nitrogen and oxygen atoms in total. The van der Waals surface area contributed by atoms with E-state index in [4.69, 9.17) is 9.84 Å². The van der Waals surface area contributed by atoms with Gasteiger partial charge in [-0.1, -0.05) is 0 Å². The molecule has 0 fully saturated rings. The molecular weight excluding hydrogens is 348 g/mol. The molecule has 0 radical (unpaired) electrons. The number of ether oxygens (including phenoxy) is 1. The predicted octanol–water partition coefficient (Wildman–Crippen LogP) is 2.88. The Morgan fingerprint density at radius 2 is 2.00 bits per heavy atom. The standard InChI is InChI=1S/C14H12F4N4O3/c1-25-9-3-2-7(4-8(9)15)20-11-5-10(14(16,17)18)21-13(22-11)19-6-12(23)24/h2-5H,6H2,1H3,(H,23,24)(H2,19,20,21,22). The number of hydrogen-bond acceptors (Lipinski definition) is 6. The van der Waals surface area contributed by atoms with Gasteiger partial charge in [-0.05, 0) is 12.1 Å². The highest BCUT2D eigenvalue weighted by Gasteiger charge is 2.33. The molecule has 1 aromatic carbocycles. The van der Waals surface area contributed by atoms with Crippen LogP contribution < -0.4 is 15.4 Å². The van der Waals surface area contributed by atoms with E-state index in [0.29, 0.717) is 6.07 Å². The maximum Gasteiger partial charge on any atom is 0.433 e. The molecule has 134 valence electrons. The Balaban J connectivity index is 2.33. The fourth-order valence-corrected chi connectivity index (χ4v) is 1.78. The number of halogens is 4. The van der Waals surface area contributed by atoms with E-state index >= 15 is 0 Å². The van der Waals surface area contributed by atoms with Gasteiger partial charge in [0.1, 0.15) is 12.4 Å². The predicted molar refractivity (Wildman–Crippen MR) is 79.4 cm³/mol. The first kappa shape index (κ1) is 18.2. The van der Waals surface area contributed by atoms with E-state index in [-0.39, 0.29) is 17.3 Å². The second-order valence-corrected chi connectivity index (χ2v) is 4.68. The van der Waals surface area contributed by atoms with Crippen LogP contribution in [0.5, 0.6) is 5.75 Å². The van der Waals surface area contributed by atoms with Crippen LogP contribution in [0.1, 0.15) is 5.69 Å². The number of hydrogen-bond donors (Lipinski definition) is 3. The molecule has 0 amide bonds. The van der Waals surface area contributed by atoms with Gasteiger partial charge in [-0.3, -0.25) is 4.79 Å². The van der Waals surface area contributed by atoms with Gasteiger partial charge >= 0.3 is 12.1 Å². The zero-order valence-corrected chi connectivity index (χ0v) is 12.7. The summed E-state index contributed by atoms with van der Waals surface area (Å²) in [5.74, 6) is -2.88. The number of benzene rings is 1. The van der Waals surface area contributed by atoms with Gasteiger partial charge in [-0.25, -0.2) is 9.37 Å². The lowest BCUT2D eigenvalue weighted by Gasteiger charge is -2.12. The first-order valence-electron chi connectivity index (χ1n) is 6.71. The molecule has 1 heterocycles. The van der Waals surface area contributed by atoms with Crippen molar-refractivity contribution >= 4 is 23.4 Å². The number of rotatable bonds is 6. The van der Waals surface area contributed by atoms with Crippen molar-refractivity contribution in [1.29, 1.82) is 0 Å². The van der Waals surface area contributed by atoms with Crippen LogP contribution in [0, 0.1) is 5.82 Å². The number of anilines is 3. The van der Waals surface area contributed by atoms with E-state index in [1.54, 1.807) is 0 Å². The summed E-state index contributed by atoms with van der Waals surface area (Å²) in [4.78, 5) is 17.5. The zero-order chi connectivity index (χ0) is 18.6. The van der Waals surface area contributed by atoms with Crippen molar-refractivity contribution in [2.75, 3.05) is 24.3 Å². The third kappa shape index (κ3) is 4.93. The number of aliphatic carboxylic acids is 1. The molecule has 2 rings (SSSR count). The summed E-state index contributed by atoms with van der Waals surface area (Å²) < 4.78 is 57.1. The van der Waals surface area contributed by atoms with Gasteiger partial charge in [0.05, 0.1) is 7.11 Å². The van der Waals surface area contributed by atoms with Gasteiger partial charge in [0, 0.05) is 17.8 Å². The van der Waals surface area contributed by atoms with Gasteiger partial charge < -0.3 is 20.5 Å². The first-order valence-corrected chi connectivity index (χ1v) is 6.71. The second kappa shape index (κ2) is 7.20. The van der Waals surface area contributed by atoms with Crippen LogP contribution in [-0.2, 0) is 11.0 Å². The lowest BCUT2D eigenvalue weighted by atomic mass is 10.3. The average Bonchev–Trinajstić information content (AvgIpc) is 2.52. The van der Waals surface area contributed by atoms with Crippen molar-refractivity contribution in [2.24, 2.45) is 0 Å². The van der Waals surface area contributed by atoms with Gasteiger partial charge in [-0.2, -0.15) is 18.2 Å². The number of nitrogens with one attached hydrogen (secondary N) is 2. The first-order chi connectivity index (χ1) is 11.7. The Morgan fingerprint density at radius 1 is 1.28 bits per heavy atom. The van der Waals surface area contributed by atoms with E-state index in [0.717, 1.165) is 6.07 Å². The maximum absolute atomic E-state index is 13.7. The molecule has 0 spiro atoms. The molecule has 0 aliphatic heterocycles. The largest absolute Gasteiger partial charge is 0.494 e. The Bertz CT molecular complexity index is 783. The average molecular weight is 360 g/mol. The summed E-state index contributed by atoms with van der Waals surface area (Å²) in [7, 11) is 1.27. The quantitative estimate of drug-likeness (QED) is 0.682. The summed E-state index contributed by atoms with van der Waals surface area (Å²) in [6.45, 7) is -0.669. The molecule has 0 saturated carbocycles. The second-order valence-electron chi connectivity index (χ2n) is 4.68. The summed E-state index contributed by atoms with van der Waals surface area (Å²) in [5, 5.41) is 13.2. The molecule has 0 unspecified atom stereocenters. The fraction of sp³-hybridized carbons (Fsp3) is 0.214. The summed E-state index contributed by atoms with van der Waals surface area (Å²) in [6.07, 6.45) is -4.77. The highest BCUT2D eigenvalue weighted by Crippen LogP contribution is 2.31. The smallest absolute Gasteiger partial charge is 0.433 e. The number of carbonyl (C=O) groups is 1.